The molecule has 3 aromatic carbocycles. The summed E-state index contributed by atoms with van der Waals surface area (Å²) >= 11 is 0. The molecule has 3 aromatic rings. The van der Waals surface area contributed by atoms with Gasteiger partial charge in [0.25, 0.3) is 17.5 Å². The minimum absolute atomic E-state index is 0.138. The van der Waals surface area contributed by atoms with Crippen molar-refractivity contribution in [3.63, 3.8) is 0 Å². The Kier molecular flexibility index (Phi) is 6.83. The molecular weight excluding hydrogens is 498 g/mol. The van der Waals surface area contributed by atoms with E-state index in [0.29, 0.717) is 16.6 Å². The molecule has 1 aliphatic heterocycles. The number of hydrogen-bond donors (Lipinski definition) is 1. The number of nitro benzene ring substituents is 2. The summed E-state index contributed by atoms with van der Waals surface area (Å²) in [6.07, 6.45) is 0. The zero-order valence-corrected chi connectivity index (χ0v) is 19.6. The van der Waals surface area contributed by atoms with E-state index in [1.165, 1.54) is 43.3 Å². The van der Waals surface area contributed by atoms with Crippen LogP contribution in [0.1, 0.15) is 22.8 Å². The second-order valence-electron chi connectivity index (χ2n) is 8.08. The van der Waals surface area contributed by atoms with Gasteiger partial charge in [0, 0.05) is 17.3 Å². The second kappa shape index (κ2) is 10.2. The number of nitrogens with zero attached hydrogens (tertiary/aromatic N) is 4. The Morgan fingerprint density at radius 2 is 1.63 bits per heavy atom. The number of anilines is 2. The van der Waals surface area contributed by atoms with Gasteiger partial charge in [-0.1, -0.05) is 42.5 Å². The van der Waals surface area contributed by atoms with E-state index in [4.69, 9.17) is 0 Å². The summed E-state index contributed by atoms with van der Waals surface area (Å²) in [6, 6.07) is 16.4. The smallest absolute Gasteiger partial charge is 0.301 e. The molecule has 1 aliphatic rings. The van der Waals surface area contributed by atoms with Gasteiger partial charge in [0.2, 0.25) is 5.78 Å². The van der Waals surface area contributed by atoms with Crippen molar-refractivity contribution in [1.29, 1.82) is 0 Å². The number of hydrogen-bond acceptors (Lipinski definition) is 9. The first-order chi connectivity index (χ1) is 18.1. The molecule has 0 spiro atoms. The van der Waals surface area contributed by atoms with Crippen molar-refractivity contribution in [2.24, 2.45) is 11.0 Å². The molecule has 0 fully saturated rings. The van der Waals surface area contributed by atoms with Crippen LogP contribution in [0.2, 0.25) is 0 Å². The number of rotatable bonds is 8. The maximum Gasteiger partial charge on any atom is 0.301 e. The number of ketones is 2. The summed E-state index contributed by atoms with van der Waals surface area (Å²) in [4.78, 5) is 72.2. The van der Waals surface area contributed by atoms with Gasteiger partial charge in [-0.25, -0.2) is 0 Å². The molecule has 190 valence electrons. The first-order valence-electron chi connectivity index (χ1n) is 11.0. The van der Waals surface area contributed by atoms with Crippen LogP contribution in [0.5, 0.6) is 0 Å². The lowest BCUT2D eigenvalue weighted by Crippen LogP contribution is -2.39. The number of benzene rings is 3. The molecule has 0 radical (unpaired) electrons. The fourth-order valence-electron chi connectivity index (χ4n) is 3.79. The summed E-state index contributed by atoms with van der Waals surface area (Å²) in [5.74, 6) is -5.45. The largest absolute Gasteiger partial charge is 0.319 e. The number of carbonyl (C=O) groups excluding carboxylic acids is 4. The third-order valence-corrected chi connectivity index (χ3v) is 5.61. The van der Waals surface area contributed by atoms with Gasteiger partial charge >= 0.3 is 5.69 Å². The molecule has 2 amide bonds. The predicted molar refractivity (Wildman–Crippen MR) is 134 cm³/mol. The van der Waals surface area contributed by atoms with Gasteiger partial charge in [0.05, 0.1) is 21.6 Å². The molecule has 0 aromatic heterocycles. The van der Waals surface area contributed by atoms with E-state index in [9.17, 15) is 39.4 Å². The van der Waals surface area contributed by atoms with E-state index in [1.54, 1.807) is 18.2 Å². The van der Waals surface area contributed by atoms with Crippen molar-refractivity contribution in [3.05, 3.63) is 104 Å². The van der Waals surface area contributed by atoms with Crippen LogP contribution >= 0.6 is 0 Å². The summed E-state index contributed by atoms with van der Waals surface area (Å²) in [6.45, 7) is 1.33. The molecule has 13 nitrogen and oxygen atoms in total. The topological polar surface area (TPSA) is 182 Å². The summed E-state index contributed by atoms with van der Waals surface area (Å²) < 4.78 is 0. The van der Waals surface area contributed by atoms with E-state index >= 15 is 0 Å². The van der Waals surface area contributed by atoms with Gasteiger partial charge in [-0.2, -0.15) is 10.1 Å². The number of hydrazone groups is 1. The van der Waals surface area contributed by atoms with E-state index < -0.39 is 50.4 Å². The third kappa shape index (κ3) is 4.88. The Bertz CT molecular complexity index is 1550. The molecule has 0 saturated heterocycles. The SMILES string of the molecule is CC(=O)c1cccc(NC(=O)C(=O)[C@@H]2C(=O)N(c3ccc([N+](=O)[O-])cc3[N+](=O)[O-])N=C2c2ccccc2)c1. The van der Waals surface area contributed by atoms with Crippen molar-refractivity contribution in [2.45, 2.75) is 6.92 Å². The van der Waals surface area contributed by atoms with Gasteiger partial charge in [0.15, 0.2) is 11.7 Å². The fraction of sp³-hybridized carbons (Fsp3) is 0.0800. The van der Waals surface area contributed by atoms with Gasteiger partial charge < -0.3 is 5.32 Å². The Morgan fingerprint density at radius 3 is 2.26 bits per heavy atom. The molecule has 38 heavy (non-hydrogen) atoms. The molecule has 0 unspecified atom stereocenters. The highest BCUT2D eigenvalue weighted by Gasteiger charge is 2.46. The van der Waals surface area contributed by atoms with Crippen LogP contribution in [0.4, 0.5) is 22.7 Å². The van der Waals surface area contributed by atoms with Crippen molar-refractivity contribution < 1.29 is 29.0 Å². The van der Waals surface area contributed by atoms with Gasteiger partial charge in [-0.05, 0) is 30.7 Å². The highest BCUT2D eigenvalue weighted by molar-refractivity contribution is 6.51. The first kappa shape index (κ1) is 25.5. The molecule has 0 aliphatic carbocycles. The van der Waals surface area contributed by atoms with Crippen LogP contribution in [0.25, 0.3) is 0 Å². The van der Waals surface area contributed by atoms with Gasteiger partial charge in [-0.15, -0.1) is 0 Å². The van der Waals surface area contributed by atoms with Crippen LogP contribution in [-0.2, 0) is 14.4 Å². The molecule has 0 saturated carbocycles. The van der Waals surface area contributed by atoms with Crippen LogP contribution in [0.15, 0.2) is 77.9 Å². The summed E-state index contributed by atoms with van der Waals surface area (Å²) in [5.41, 5.74) is -1.19. The van der Waals surface area contributed by atoms with Crippen LogP contribution < -0.4 is 10.3 Å². The minimum atomic E-state index is -1.76. The van der Waals surface area contributed by atoms with Crippen molar-refractivity contribution in [2.75, 3.05) is 10.3 Å². The lowest BCUT2D eigenvalue weighted by atomic mass is 9.92. The number of nitro groups is 2. The molecule has 0 bridgehead atoms. The highest BCUT2D eigenvalue weighted by Crippen LogP contribution is 2.36. The van der Waals surface area contributed by atoms with Crippen molar-refractivity contribution >= 4 is 51.8 Å². The van der Waals surface area contributed by atoms with Crippen molar-refractivity contribution in [1.82, 2.24) is 0 Å². The molecule has 1 N–H and O–H groups in total. The van der Waals surface area contributed by atoms with Gasteiger partial charge in [0.1, 0.15) is 5.69 Å². The lowest BCUT2D eigenvalue weighted by molar-refractivity contribution is -0.393. The molecule has 4 rings (SSSR count). The predicted octanol–water partition coefficient (Wildman–Crippen LogP) is 3.28. The summed E-state index contributed by atoms with van der Waals surface area (Å²) in [5, 5.41) is 29.8. The van der Waals surface area contributed by atoms with Gasteiger partial charge in [-0.3, -0.25) is 39.4 Å². The summed E-state index contributed by atoms with van der Waals surface area (Å²) in [7, 11) is 0. The quantitative estimate of drug-likeness (QED) is 0.156. The molecule has 1 atom stereocenters. The Balaban J connectivity index is 1.74. The maximum absolute atomic E-state index is 13.4. The third-order valence-electron chi connectivity index (χ3n) is 5.61. The molecule has 1 heterocycles. The Labute approximate surface area is 213 Å². The van der Waals surface area contributed by atoms with E-state index in [0.717, 1.165) is 12.1 Å². The highest BCUT2D eigenvalue weighted by atomic mass is 16.6. The second-order valence-corrected chi connectivity index (χ2v) is 8.08. The number of nitrogens with one attached hydrogen (secondary N) is 1. The standard InChI is InChI=1S/C25H17N5O8/c1-14(31)16-8-5-9-17(12-16)26-24(33)23(32)21-22(15-6-3-2-4-7-15)27-28(25(21)34)19-11-10-18(29(35)36)13-20(19)30(37)38/h2-13,21H,1H3,(H,26,33)/t21-/m1/s1. The number of carbonyl (C=O) groups is 4. The maximum atomic E-state index is 13.4. The first-order valence-corrected chi connectivity index (χ1v) is 11.0. The van der Waals surface area contributed by atoms with Crippen LogP contribution in [-0.4, -0.2) is 38.9 Å². The van der Waals surface area contributed by atoms with E-state index in [-0.39, 0.29) is 22.7 Å². The van der Waals surface area contributed by atoms with E-state index in [1.807, 2.05) is 0 Å². The van der Waals surface area contributed by atoms with E-state index in [2.05, 4.69) is 10.4 Å². The molecular formula is C25H17N5O8. The van der Waals surface area contributed by atoms with Crippen molar-refractivity contribution in [3.8, 4) is 0 Å². The molecule has 13 heteroatoms. The average molecular weight is 515 g/mol. The number of non-ortho nitro benzene ring substituents is 1. The zero-order valence-electron chi connectivity index (χ0n) is 19.6. The number of amides is 2. The van der Waals surface area contributed by atoms with Crippen LogP contribution in [0, 0.1) is 26.1 Å². The fourth-order valence-corrected chi connectivity index (χ4v) is 3.79. The number of Topliss-reactive ketones (excluding diaryl/α,β-unsaturated/α-hetero) is 2. The monoisotopic (exact) mass is 515 g/mol. The average Bonchev–Trinajstić information content (AvgIpc) is 3.25. The lowest BCUT2D eigenvalue weighted by Gasteiger charge is -2.14. The Morgan fingerprint density at radius 1 is 0.921 bits per heavy atom. The van der Waals surface area contributed by atoms with Crippen LogP contribution in [0.3, 0.4) is 0 Å². The normalized spacial score (nSPS) is 14.6. The zero-order chi connectivity index (χ0) is 27.6. The Hall–Kier alpha value is -5.59. The minimum Gasteiger partial charge on any atom is -0.319 e.